The molecule has 1 aromatic carbocycles. The van der Waals surface area contributed by atoms with Crippen LogP contribution in [0.3, 0.4) is 0 Å². The first-order chi connectivity index (χ1) is 15.7. The maximum absolute atomic E-state index is 12.6. The SMILES string of the molecule is Cc1cc(C)n2nc(S[C@@H](C)C(=O)Nc3ccc(S(=O)(=O)Nc4ncccn4)cc3)nc2n1. The molecule has 0 radical (unpaired) electrons. The summed E-state index contributed by atoms with van der Waals surface area (Å²) in [4.78, 5) is 29.0. The third-order valence-electron chi connectivity index (χ3n) is 4.47. The van der Waals surface area contributed by atoms with E-state index in [1.165, 1.54) is 48.4 Å². The normalized spacial score (nSPS) is 12.5. The van der Waals surface area contributed by atoms with Crippen LogP contribution in [0.2, 0.25) is 0 Å². The fraction of sp³-hybridized carbons (Fsp3) is 0.200. The number of aromatic nitrogens is 6. The number of fused-ring (bicyclic) bond motifs is 1. The molecule has 1 amide bonds. The number of hydrogen-bond donors (Lipinski definition) is 2. The number of aryl methyl sites for hydroxylation is 2. The zero-order valence-corrected chi connectivity index (χ0v) is 19.6. The smallest absolute Gasteiger partial charge is 0.264 e. The first-order valence-corrected chi connectivity index (χ1v) is 12.2. The van der Waals surface area contributed by atoms with Crippen molar-refractivity contribution in [1.82, 2.24) is 29.5 Å². The number of carbonyl (C=O) groups is 1. The molecule has 4 rings (SSSR count). The molecule has 13 heteroatoms. The standard InChI is InChI=1S/C20H20N8O3S2/c1-12-11-13(2)28-19(23-12)25-20(26-28)32-14(3)17(29)24-15-5-7-16(8-6-15)33(30,31)27-18-21-9-4-10-22-18/h4-11,14H,1-3H3,(H,24,29)(H,21,22,27)/t14-/m0/s1. The van der Waals surface area contributed by atoms with E-state index in [1.807, 2.05) is 19.9 Å². The monoisotopic (exact) mass is 484 g/mol. The first-order valence-electron chi connectivity index (χ1n) is 9.80. The van der Waals surface area contributed by atoms with Crippen molar-refractivity contribution in [2.24, 2.45) is 0 Å². The summed E-state index contributed by atoms with van der Waals surface area (Å²) in [6.07, 6.45) is 2.87. The zero-order chi connectivity index (χ0) is 23.6. The zero-order valence-electron chi connectivity index (χ0n) is 17.9. The van der Waals surface area contributed by atoms with Crippen LogP contribution in [0.5, 0.6) is 0 Å². The average molecular weight is 485 g/mol. The van der Waals surface area contributed by atoms with E-state index in [-0.39, 0.29) is 16.8 Å². The van der Waals surface area contributed by atoms with Gasteiger partial charge in [-0.1, -0.05) is 11.8 Å². The van der Waals surface area contributed by atoms with E-state index in [1.54, 1.807) is 17.5 Å². The molecular formula is C20H20N8O3S2. The summed E-state index contributed by atoms with van der Waals surface area (Å²) in [6.45, 7) is 5.53. The lowest BCUT2D eigenvalue weighted by Gasteiger charge is -2.11. The van der Waals surface area contributed by atoms with Gasteiger partial charge in [-0.3, -0.25) is 4.79 Å². The van der Waals surface area contributed by atoms with Gasteiger partial charge in [-0.15, -0.1) is 5.10 Å². The minimum Gasteiger partial charge on any atom is -0.325 e. The van der Waals surface area contributed by atoms with Crippen molar-refractivity contribution in [3.63, 3.8) is 0 Å². The molecule has 0 aliphatic heterocycles. The van der Waals surface area contributed by atoms with Crippen LogP contribution in [0.15, 0.2) is 58.8 Å². The van der Waals surface area contributed by atoms with Crippen molar-refractivity contribution >= 4 is 45.1 Å². The third-order valence-corrected chi connectivity index (χ3v) is 6.77. The van der Waals surface area contributed by atoms with Crippen LogP contribution in [-0.4, -0.2) is 49.1 Å². The molecule has 4 aromatic rings. The molecule has 33 heavy (non-hydrogen) atoms. The molecule has 11 nitrogen and oxygen atoms in total. The Bertz CT molecular complexity index is 1410. The quantitative estimate of drug-likeness (QED) is 0.378. The molecule has 0 spiro atoms. The highest BCUT2D eigenvalue weighted by Gasteiger charge is 2.19. The Kier molecular flexibility index (Phi) is 6.24. The molecule has 0 aliphatic carbocycles. The molecule has 0 saturated carbocycles. The van der Waals surface area contributed by atoms with E-state index in [0.717, 1.165) is 11.4 Å². The summed E-state index contributed by atoms with van der Waals surface area (Å²) >= 11 is 1.21. The summed E-state index contributed by atoms with van der Waals surface area (Å²) in [5, 5.41) is 7.11. The summed E-state index contributed by atoms with van der Waals surface area (Å²) in [6, 6.07) is 9.28. The summed E-state index contributed by atoms with van der Waals surface area (Å²) in [5.74, 6) is 0.182. The average Bonchev–Trinajstić information content (AvgIpc) is 3.17. The van der Waals surface area contributed by atoms with Crippen LogP contribution in [0.1, 0.15) is 18.3 Å². The number of rotatable bonds is 7. The van der Waals surface area contributed by atoms with Crippen molar-refractivity contribution in [2.75, 3.05) is 10.0 Å². The van der Waals surface area contributed by atoms with Gasteiger partial charge in [-0.05, 0) is 57.2 Å². The predicted octanol–water partition coefficient (Wildman–Crippen LogP) is 2.45. The van der Waals surface area contributed by atoms with Gasteiger partial charge in [0.2, 0.25) is 17.0 Å². The Hall–Kier alpha value is -3.58. The lowest BCUT2D eigenvalue weighted by molar-refractivity contribution is -0.115. The van der Waals surface area contributed by atoms with Gasteiger partial charge in [0, 0.05) is 29.5 Å². The Labute approximate surface area is 194 Å². The maximum atomic E-state index is 12.6. The number of benzene rings is 1. The highest BCUT2D eigenvalue weighted by atomic mass is 32.2. The Morgan fingerprint density at radius 1 is 1.09 bits per heavy atom. The Balaban J connectivity index is 1.40. The molecule has 0 bridgehead atoms. The molecule has 0 unspecified atom stereocenters. The number of amides is 1. The van der Waals surface area contributed by atoms with Crippen LogP contribution < -0.4 is 10.0 Å². The molecule has 3 heterocycles. The summed E-state index contributed by atoms with van der Waals surface area (Å²) < 4.78 is 28.9. The van der Waals surface area contributed by atoms with Crippen molar-refractivity contribution in [1.29, 1.82) is 0 Å². The number of hydrogen-bond acceptors (Lipinski definition) is 9. The summed E-state index contributed by atoms with van der Waals surface area (Å²) in [7, 11) is -3.85. The van der Waals surface area contributed by atoms with Crippen molar-refractivity contribution in [3.05, 3.63) is 60.2 Å². The van der Waals surface area contributed by atoms with Gasteiger partial charge < -0.3 is 5.32 Å². The van der Waals surface area contributed by atoms with E-state index < -0.39 is 15.3 Å². The molecule has 170 valence electrons. The molecule has 0 fully saturated rings. The van der Waals surface area contributed by atoms with Crippen molar-refractivity contribution in [3.8, 4) is 0 Å². The lowest BCUT2D eigenvalue weighted by atomic mass is 10.3. The largest absolute Gasteiger partial charge is 0.325 e. The molecule has 3 aromatic heterocycles. The van der Waals surface area contributed by atoms with Gasteiger partial charge in [0.25, 0.3) is 15.8 Å². The van der Waals surface area contributed by atoms with E-state index in [4.69, 9.17) is 0 Å². The highest BCUT2D eigenvalue weighted by Crippen LogP contribution is 2.23. The van der Waals surface area contributed by atoms with Crippen LogP contribution in [-0.2, 0) is 14.8 Å². The summed E-state index contributed by atoms with van der Waals surface area (Å²) in [5.41, 5.74) is 2.20. The van der Waals surface area contributed by atoms with Crippen LogP contribution in [0.4, 0.5) is 11.6 Å². The lowest BCUT2D eigenvalue weighted by Crippen LogP contribution is -2.22. The van der Waals surface area contributed by atoms with E-state index >= 15 is 0 Å². The van der Waals surface area contributed by atoms with Gasteiger partial charge in [-0.2, -0.15) is 4.98 Å². The highest BCUT2D eigenvalue weighted by molar-refractivity contribution is 8.00. The van der Waals surface area contributed by atoms with Crippen LogP contribution in [0, 0.1) is 13.8 Å². The number of anilines is 2. The molecule has 0 aliphatic rings. The molecule has 1 atom stereocenters. The number of sulfonamides is 1. The number of carbonyl (C=O) groups excluding carboxylic acids is 1. The third kappa shape index (κ3) is 5.26. The number of thioether (sulfide) groups is 1. The Morgan fingerprint density at radius 3 is 2.48 bits per heavy atom. The topological polar surface area (TPSA) is 144 Å². The fourth-order valence-corrected chi connectivity index (χ4v) is 4.61. The van der Waals surface area contributed by atoms with Crippen molar-refractivity contribution < 1.29 is 13.2 Å². The minimum absolute atomic E-state index is 0.0161. The van der Waals surface area contributed by atoms with E-state index in [9.17, 15) is 13.2 Å². The van der Waals surface area contributed by atoms with Gasteiger partial charge in [0.15, 0.2) is 0 Å². The van der Waals surface area contributed by atoms with E-state index in [2.05, 4.69) is 35.1 Å². The van der Waals surface area contributed by atoms with Gasteiger partial charge in [-0.25, -0.2) is 32.6 Å². The number of nitrogens with one attached hydrogen (secondary N) is 2. The van der Waals surface area contributed by atoms with Crippen LogP contribution >= 0.6 is 11.8 Å². The second-order valence-corrected chi connectivity index (χ2v) is 10.1. The molecule has 2 N–H and O–H groups in total. The first kappa shape index (κ1) is 22.6. The maximum Gasteiger partial charge on any atom is 0.264 e. The number of nitrogens with zero attached hydrogens (tertiary/aromatic N) is 6. The van der Waals surface area contributed by atoms with Crippen LogP contribution in [0.25, 0.3) is 5.78 Å². The second kappa shape index (κ2) is 9.11. The van der Waals surface area contributed by atoms with Gasteiger partial charge >= 0.3 is 0 Å². The Morgan fingerprint density at radius 2 is 1.79 bits per heavy atom. The van der Waals surface area contributed by atoms with Gasteiger partial charge in [0.1, 0.15) is 0 Å². The minimum atomic E-state index is -3.85. The van der Waals surface area contributed by atoms with E-state index in [0.29, 0.717) is 16.6 Å². The van der Waals surface area contributed by atoms with Crippen molar-refractivity contribution in [2.45, 2.75) is 36.1 Å². The van der Waals surface area contributed by atoms with Gasteiger partial charge in [0.05, 0.1) is 10.1 Å². The fourth-order valence-electron chi connectivity index (χ4n) is 2.90. The second-order valence-electron chi connectivity index (χ2n) is 7.10. The molecular weight excluding hydrogens is 464 g/mol. The molecule has 0 saturated heterocycles. The predicted molar refractivity (Wildman–Crippen MR) is 123 cm³/mol.